The van der Waals surface area contributed by atoms with Crippen molar-refractivity contribution in [3.8, 4) is 0 Å². The molecule has 0 aromatic heterocycles. The number of rotatable bonds is 45. The Hall–Kier alpha value is -2.72. The number of aliphatic hydroxyl groups excluding tert-OH is 3. The van der Waals surface area contributed by atoms with Crippen molar-refractivity contribution in [3.63, 3.8) is 0 Å². The summed E-state index contributed by atoms with van der Waals surface area (Å²) in [7, 11) is -5.07. The maximum Gasteiger partial charge on any atom is 0.397 e. The SMILES string of the molecule is CC/C=C\C/C=C\C/C=C\C/C=C\C/C=C\C/C=C\CCCCCCC(=O)OC(COCCCCCCCCCC/C=C\CCCCCCCC)COC1OC(CO)C(O)C(OS(=O)(=O)O)C1O. The van der Waals surface area contributed by atoms with Crippen LogP contribution in [0.2, 0.25) is 0 Å². The second kappa shape index (κ2) is 45.4. The average Bonchev–Trinajstić information content (AvgIpc) is 3.31. The van der Waals surface area contributed by atoms with E-state index in [1.165, 1.54) is 83.5 Å². The monoisotopic (exact) mass is 979 g/mol. The largest absolute Gasteiger partial charge is 0.457 e. The van der Waals surface area contributed by atoms with Crippen molar-refractivity contribution in [3.05, 3.63) is 85.1 Å². The minimum atomic E-state index is -5.07. The predicted molar refractivity (Wildman–Crippen MR) is 275 cm³/mol. The second-order valence-corrected chi connectivity index (χ2v) is 18.8. The number of carbonyl (C=O) groups is 1. The first kappa shape index (κ1) is 63.3. The van der Waals surface area contributed by atoms with Gasteiger partial charge in [-0.1, -0.05) is 182 Å². The minimum absolute atomic E-state index is 0.0188. The van der Waals surface area contributed by atoms with Crippen LogP contribution in [-0.2, 0) is 38.3 Å². The van der Waals surface area contributed by atoms with Gasteiger partial charge in [-0.25, -0.2) is 4.18 Å². The van der Waals surface area contributed by atoms with Crippen molar-refractivity contribution in [2.45, 2.75) is 230 Å². The van der Waals surface area contributed by atoms with Crippen molar-refractivity contribution in [1.82, 2.24) is 0 Å². The summed E-state index contributed by atoms with van der Waals surface area (Å²) in [4.78, 5) is 12.9. The predicted octanol–water partition coefficient (Wildman–Crippen LogP) is 12.4. The maximum absolute atomic E-state index is 12.9. The number of hydrogen-bond acceptors (Lipinski definition) is 11. The first-order valence-corrected chi connectivity index (χ1v) is 27.7. The lowest BCUT2D eigenvalue weighted by Gasteiger charge is -2.41. The summed E-state index contributed by atoms with van der Waals surface area (Å²) in [5.74, 6) is -0.426. The third kappa shape index (κ3) is 38.1. The molecule has 1 aliphatic rings. The van der Waals surface area contributed by atoms with Gasteiger partial charge in [-0.05, 0) is 89.9 Å². The van der Waals surface area contributed by atoms with Crippen LogP contribution in [0, 0.1) is 0 Å². The van der Waals surface area contributed by atoms with Crippen LogP contribution in [-0.4, -0.2) is 97.5 Å². The fraction of sp³-hybridized carbons (Fsp3) is 0.727. The molecule has 0 saturated carbocycles. The number of allylic oxidation sites excluding steroid dienone is 14. The zero-order valence-corrected chi connectivity index (χ0v) is 43.0. The average molecular weight is 979 g/mol. The maximum atomic E-state index is 12.9. The van der Waals surface area contributed by atoms with Crippen LogP contribution in [0.15, 0.2) is 85.1 Å². The molecular formula is C55H94O12S. The Morgan fingerprint density at radius 2 is 1.01 bits per heavy atom. The summed E-state index contributed by atoms with van der Waals surface area (Å²) < 4.78 is 59.3. The van der Waals surface area contributed by atoms with Crippen LogP contribution in [0.3, 0.4) is 0 Å². The molecule has 6 atom stereocenters. The lowest BCUT2D eigenvalue weighted by atomic mass is 9.99. The van der Waals surface area contributed by atoms with E-state index >= 15 is 0 Å². The smallest absolute Gasteiger partial charge is 0.397 e. The highest BCUT2D eigenvalue weighted by molar-refractivity contribution is 7.80. The third-order valence-electron chi connectivity index (χ3n) is 11.5. The second-order valence-electron chi connectivity index (χ2n) is 17.7. The fourth-order valence-corrected chi connectivity index (χ4v) is 8.06. The summed E-state index contributed by atoms with van der Waals surface area (Å²) in [6, 6.07) is 0. The van der Waals surface area contributed by atoms with Crippen LogP contribution in [0.1, 0.15) is 194 Å². The molecule has 0 aromatic rings. The van der Waals surface area contributed by atoms with Gasteiger partial charge in [-0.2, -0.15) is 8.42 Å². The Morgan fingerprint density at radius 1 is 0.574 bits per heavy atom. The Bertz CT molecular complexity index is 1500. The lowest BCUT2D eigenvalue weighted by molar-refractivity contribution is -0.301. The van der Waals surface area contributed by atoms with E-state index < -0.39 is 59.8 Å². The normalized spacial score (nSPS) is 20.0. The van der Waals surface area contributed by atoms with Gasteiger partial charge in [0.25, 0.3) is 0 Å². The first-order chi connectivity index (χ1) is 33.1. The molecule has 13 heteroatoms. The molecule has 0 radical (unpaired) electrons. The molecular weight excluding hydrogens is 885 g/mol. The molecule has 12 nitrogen and oxygen atoms in total. The molecule has 392 valence electrons. The van der Waals surface area contributed by atoms with Gasteiger partial charge in [0.05, 0.1) is 19.8 Å². The van der Waals surface area contributed by atoms with E-state index in [0.29, 0.717) is 13.0 Å². The molecule has 0 amide bonds. The van der Waals surface area contributed by atoms with E-state index in [0.717, 1.165) is 83.5 Å². The highest BCUT2D eigenvalue weighted by atomic mass is 32.3. The minimum Gasteiger partial charge on any atom is -0.457 e. The highest BCUT2D eigenvalue weighted by Gasteiger charge is 2.48. The number of carbonyl (C=O) groups excluding carboxylic acids is 1. The van der Waals surface area contributed by atoms with Crippen LogP contribution in [0.25, 0.3) is 0 Å². The number of esters is 1. The van der Waals surface area contributed by atoms with Gasteiger partial charge in [0, 0.05) is 13.0 Å². The molecule has 0 aliphatic carbocycles. The summed E-state index contributed by atoms with van der Waals surface area (Å²) in [5, 5.41) is 30.8. The number of ether oxygens (including phenoxy) is 4. The Kier molecular flexibility index (Phi) is 42.3. The molecule has 1 saturated heterocycles. The summed E-state index contributed by atoms with van der Waals surface area (Å²) in [6.45, 7) is 3.84. The van der Waals surface area contributed by atoms with Gasteiger partial charge in [0.15, 0.2) is 6.29 Å². The van der Waals surface area contributed by atoms with Crippen LogP contribution in [0.4, 0.5) is 0 Å². The molecule has 0 bridgehead atoms. The molecule has 0 aromatic carbocycles. The fourth-order valence-electron chi connectivity index (χ4n) is 7.55. The van der Waals surface area contributed by atoms with Gasteiger partial charge in [-0.15, -0.1) is 0 Å². The number of aliphatic hydroxyl groups is 3. The zero-order valence-electron chi connectivity index (χ0n) is 42.1. The van der Waals surface area contributed by atoms with E-state index in [1.807, 2.05) is 0 Å². The van der Waals surface area contributed by atoms with Crippen molar-refractivity contribution in [2.24, 2.45) is 0 Å². The van der Waals surface area contributed by atoms with Gasteiger partial charge in [0.2, 0.25) is 0 Å². The summed E-state index contributed by atoms with van der Waals surface area (Å²) >= 11 is 0. The van der Waals surface area contributed by atoms with Crippen molar-refractivity contribution in [2.75, 3.05) is 26.4 Å². The Balaban J connectivity index is 2.39. The third-order valence-corrected chi connectivity index (χ3v) is 12.0. The molecule has 1 heterocycles. The summed E-state index contributed by atoms with van der Waals surface area (Å²) in [5.41, 5.74) is 0. The summed E-state index contributed by atoms with van der Waals surface area (Å²) in [6.07, 6.45) is 51.8. The number of unbranched alkanes of at least 4 members (excludes halogenated alkanes) is 18. The van der Waals surface area contributed by atoms with Crippen molar-refractivity contribution >= 4 is 16.4 Å². The van der Waals surface area contributed by atoms with Gasteiger partial charge in [-0.3, -0.25) is 9.35 Å². The van der Waals surface area contributed by atoms with Gasteiger partial charge in [0.1, 0.15) is 30.5 Å². The topological polar surface area (TPSA) is 178 Å². The van der Waals surface area contributed by atoms with Crippen molar-refractivity contribution in [1.29, 1.82) is 0 Å². The van der Waals surface area contributed by atoms with E-state index in [2.05, 4.69) is 103 Å². The quantitative estimate of drug-likeness (QED) is 0.0197. The Morgan fingerprint density at radius 3 is 1.50 bits per heavy atom. The van der Waals surface area contributed by atoms with Gasteiger partial charge < -0.3 is 34.3 Å². The van der Waals surface area contributed by atoms with Crippen molar-refractivity contribution < 1.29 is 56.2 Å². The molecule has 1 fully saturated rings. The molecule has 0 spiro atoms. The lowest BCUT2D eigenvalue weighted by Crippen LogP contribution is -2.60. The standard InChI is InChI=1S/C55H94O12S/c1-3-5-7-9-11-13-15-17-19-21-23-24-25-26-27-28-30-32-34-36-38-40-42-44-51(57)65-49(48-64-55-53(59)54(67-68(60,61)62)52(58)50(46-56)66-55)47-63-45-43-41-39-37-35-33-31-29-22-20-18-16-14-12-10-8-6-4-2/h5,7,11,13,17-20,23-24,26-27,30,32,49-50,52-56,58-59H,3-4,6,8-10,12,14-16,21-22,25,28-29,31,33-48H2,1-2H3,(H,60,61,62)/b7-5-,13-11-,19-17-,20-18-,24-23-,27-26-,32-30-. The van der Waals surface area contributed by atoms with Crippen LogP contribution < -0.4 is 0 Å². The van der Waals surface area contributed by atoms with E-state index in [4.69, 9.17) is 18.9 Å². The Labute approximate surface area is 413 Å². The number of hydrogen-bond donors (Lipinski definition) is 4. The van der Waals surface area contributed by atoms with Gasteiger partial charge >= 0.3 is 16.4 Å². The molecule has 6 unspecified atom stereocenters. The molecule has 1 aliphatic heterocycles. The molecule has 1 rings (SSSR count). The molecule has 4 N–H and O–H groups in total. The first-order valence-electron chi connectivity index (χ1n) is 26.3. The molecule has 68 heavy (non-hydrogen) atoms. The van der Waals surface area contributed by atoms with E-state index in [1.54, 1.807) is 0 Å². The van der Waals surface area contributed by atoms with Crippen LogP contribution >= 0.6 is 0 Å². The zero-order chi connectivity index (χ0) is 49.6. The van der Waals surface area contributed by atoms with E-state index in [9.17, 15) is 33.1 Å². The van der Waals surface area contributed by atoms with Crippen LogP contribution in [0.5, 0.6) is 0 Å². The highest BCUT2D eigenvalue weighted by Crippen LogP contribution is 2.26. The van der Waals surface area contributed by atoms with E-state index in [-0.39, 0.29) is 19.6 Å².